The highest BCUT2D eigenvalue weighted by Gasteiger charge is 2.45. The Bertz CT molecular complexity index is 3640. The first-order valence-corrected chi connectivity index (χ1v) is 22.9. The lowest BCUT2D eigenvalue weighted by Crippen LogP contribution is -2.61. The Hall–Kier alpha value is -6.52. The number of rotatable bonds is 5. The molecule has 0 radical (unpaired) electrons. The van der Waals surface area contributed by atoms with Gasteiger partial charge in [-0.2, -0.15) is 0 Å². The van der Waals surface area contributed by atoms with Crippen LogP contribution in [0.2, 0.25) is 0 Å². The molecule has 2 heterocycles. The van der Waals surface area contributed by atoms with E-state index in [1.807, 2.05) is 12.1 Å². The molecule has 0 spiro atoms. The van der Waals surface area contributed by atoms with Crippen molar-refractivity contribution in [3.63, 3.8) is 0 Å². The predicted octanol–water partition coefficient (Wildman–Crippen LogP) is 15.6. The number of hydrogen-bond donors (Lipinski definition) is 0. The number of hydrogen-bond acceptors (Lipinski definition) is 3. The van der Waals surface area contributed by atoms with Crippen molar-refractivity contribution in [2.75, 3.05) is 14.7 Å². The summed E-state index contributed by atoms with van der Waals surface area (Å²) in [6, 6.07) is 26.1. The van der Waals surface area contributed by atoms with Crippen molar-refractivity contribution < 1.29 is 16.4 Å². The molecule has 0 unspecified atom stereocenters. The van der Waals surface area contributed by atoms with E-state index in [0.717, 1.165) is 61.4 Å². The molecule has 8 aromatic carbocycles. The Labute approximate surface area is 411 Å². The molecule has 0 bridgehead atoms. The smallest absolute Gasteiger partial charge is 0.252 e. The van der Waals surface area contributed by atoms with Gasteiger partial charge >= 0.3 is 0 Å². The monoisotopic (exact) mass is 874 g/mol. The van der Waals surface area contributed by atoms with Gasteiger partial charge in [-0.15, -0.1) is 0 Å². The van der Waals surface area contributed by atoms with Gasteiger partial charge in [-0.3, -0.25) is 0 Å². The summed E-state index contributed by atoms with van der Waals surface area (Å²) in [6.45, 7) is 25.8. The number of anilines is 9. The normalized spacial score (nSPS) is 16.2. The fraction of sp³-hybridized carbons (Fsp3) is 0.258. The summed E-state index contributed by atoms with van der Waals surface area (Å²) in [7, 11) is 0. The molecule has 0 saturated carbocycles. The maximum Gasteiger partial charge on any atom is 0.252 e. The summed E-state index contributed by atoms with van der Waals surface area (Å²) in [4.78, 5) is 5.69. The van der Waals surface area contributed by atoms with Crippen molar-refractivity contribution in [3.8, 4) is 0 Å². The predicted molar refractivity (Wildman–Crippen MR) is 287 cm³/mol. The third-order valence-electron chi connectivity index (χ3n) is 13.3. The van der Waals surface area contributed by atoms with Crippen LogP contribution in [-0.2, 0) is 21.7 Å². The van der Waals surface area contributed by atoms with Crippen LogP contribution >= 0.6 is 0 Å². The minimum atomic E-state index is -0.676. The van der Waals surface area contributed by atoms with Crippen molar-refractivity contribution >= 4 is 85.1 Å². The molecule has 3 nitrogen and oxygen atoms in total. The topological polar surface area (TPSA) is 9.72 Å². The first-order valence-electron chi connectivity index (χ1n) is 28.9. The van der Waals surface area contributed by atoms with Crippen LogP contribution in [0.25, 0.3) is 10.8 Å². The van der Waals surface area contributed by atoms with Gasteiger partial charge in [0.1, 0.15) is 0 Å². The Morgan fingerprint density at radius 2 is 0.833 bits per heavy atom. The van der Waals surface area contributed by atoms with Crippen LogP contribution in [0.3, 0.4) is 0 Å². The van der Waals surface area contributed by atoms with Crippen LogP contribution in [0.1, 0.15) is 122 Å². The van der Waals surface area contributed by atoms with Crippen LogP contribution < -0.4 is 31.1 Å². The second-order valence-corrected chi connectivity index (χ2v) is 21.9. The summed E-state index contributed by atoms with van der Waals surface area (Å²) < 4.78 is 111. The molecule has 0 saturated heterocycles. The van der Waals surface area contributed by atoms with E-state index in [2.05, 4.69) is 178 Å². The van der Waals surface area contributed by atoms with E-state index in [4.69, 9.17) is 9.60 Å². The van der Waals surface area contributed by atoms with Crippen molar-refractivity contribution in [1.29, 1.82) is 0 Å². The summed E-state index contributed by atoms with van der Waals surface area (Å²) in [5.41, 5.74) is 10.8. The fourth-order valence-corrected chi connectivity index (χ4v) is 9.52. The summed E-state index contributed by atoms with van der Waals surface area (Å²) in [5.74, 6) is 0. The van der Waals surface area contributed by atoms with Gasteiger partial charge in [0.05, 0.1) is 27.8 Å². The second kappa shape index (κ2) is 15.5. The summed E-state index contributed by atoms with van der Waals surface area (Å²) in [6.07, 6.45) is 0. The molecule has 10 rings (SSSR count). The van der Waals surface area contributed by atoms with Crippen molar-refractivity contribution in [1.82, 2.24) is 0 Å². The lowest BCUT2D eigenvalue weighted by Gasteiger charge is -2.45. The Morgan fingerprint density at radius 3 is 1.30 bits per heavy atom. The second-order valence-electron chi connectivity index (χ2n) is 21.9. The molecule has 0 N–H and O–H groups in total. The number of fused-ring (bicyclic) bond motifs is 5. The number of para-hydroxylation sites is 1. The Balaban J connectivity index is 1.45. The maximum absolute atomic E-state index is 9.81. The van der Waals surface area contributed by atoms with Crippen LogP contribution in [-0.4, -0.2) is 6.71 Å². The van der Waals surface area contributed by atoms with Crippen LogP contribution in [0.5, 0.6) is 0 Å². The van der Waals surface area contributed by atoms with E-state index in [9.17, 15) is 6.85 Å². The SMILES string of the molecule is [2H]c1c([2H])c([2H])c(N(c2cc3c4c(c2)N(c2ccc(C(C)(C)C)cc2)c2ccc(C(C)(C)C)cc2B4c2cc(C(C)(C)C)ccc2N3c2ccc(C(C)(C)C)cc2)c2c([2H])c([2H])c([2H])c3c([2H])c([2H])c([2H])c([2H])c23)c([2H])c1[2H]. The van der Waals surface area contributed by atoms with E-state index in [1.165, 1.54) is 4.90 Å². The number of benzene rings is 8. The van der Waals surface area contributed by atoms with Gasteiger partial charge in [-0.25, -0.2) is 0 Å². The van der Waals surface area contributed by atoms with E-state index in [0.29, 0.717) is 11.4 Å². The minimum absolute atomic E-state index is 0.164. The summed E-state index contributed by atoms with van der Waals surface area (Å²) >= 11 is 0. The van der Waals surface area contributed by atoms with Gasteiger partial charge in [0.2, 0.25) is 0 Å². The average Bonchev–Trinajstić information content (AvgIpc) is 3.35. The number of nitrogens with zero attached hydrogens (tertiary/aromatic N) is 3. The molecule has 4 heteroatoms. The molecule has 0 amide bonds. The lowest BCUT2D eigenvalue weighted by molar-refractivity contribution is 0.590. The molecule has 0 aliphatic carbocycles. The molecular formula is C62H64BN3. The van der Waals surface area contributed by atoms with Gasteiger partial charge in [0, 0.05) is 45.2 Å². The third kappa shape index (κ3) is 7.49. The summed E-state index contributed by atoms with van der Waals surface area (Å²) in [5, 5.41) is -0.658. The van der Waals surface area contributed by atoms with Crippen molar-refractivity contribution in [2.45, 2.75) is 105 Å². The molecule has 330 valence electrons. The Kier molecular flexibility index (Phi) is 7.40. The largest absolute Gasteiger partial charge is 0.311 e. The first-order chi connectivity index (χ1) is 36.2. The average molecular weight is 874 g/mol. The van der Waals surface area contributed by atoms with Gasteiger partial charge in [0.25, 0.3) is 6.71 Å². The third-order valence-corrected chi connectivity index (χ3v) is 13.3. The quantitative estimate of drug-likeness (QED) is 0.160. The van der Waals surface area contributed by atoms with Crippen LogP contribution in [0.15, 0.2) is 170 Å². The molecule has 0 atom stereocenters. The molecule has 2 aliphatic heterocycles. The highest BCUT2D eigenvalue weighted by Crippen LogP contribution is 2.50. The standard InChI is InChI=1S/C62H64BN3/c1-59(2,3)42-25-31-47(32-26-42)65-54-35-29-44(61(7,8)9)37-51(54)63-52-38-45(62(10,11)12)30-36-55(52)66(48-33-27-43(28-34-48)60(4,5)6)57-40-49(39-56(65)58(57)63)64(46-21-14-13-15-22-46)53-24-18-20-41-19-16-17-23-50(41)53/h13-40H,1-12H3/i13D,14D,15D,16D,17D,18D,19D,20D,21D,22D,23D,24D. The Morgan fingerprint density at radius 1 is 0.409 bits per heavy atom. The van der Waals surface area contributed by atoms with Gasteiger partial charge < -0.3 is 14.7 Å². The highest BCUT2D eigenvalue weighted by atomic mass is 15.2. The van der Waals surface area contributed by atoms with Gasteiger partial charge in [-0.1, -0.05) is 186 Å². The molecule has 0 fully saturated rings. The highest BCUT2D eigenvalue weighted by molar-refractivity contribution is 7.00. The molecular weight excluding hydrogens is 798 g/mol. The maximum atomic E-state index is 9.81. The van der Waals surface area contributed by atoms with Crippen LogP contribution in [0, 0.1) is 0 Å². The minimum Gasteiger partial charge on any atom is -0.311 e. The molecule has 66 heavy (non-hydrogen) atoms. The van der Waals surface area contributed by atoms with Crippen LogP contribution in [0.4, 0.5) is 51.2 Å². The molecule has 0 aromatic heterocycles. The zero-order valence-electron chi connectivity index (χ0n) is 52.2. The fourth-order valence-electron chi connectivity index (χ4n) is 9.52. The van der Waals surface area contributed by atoms with Crippen molar-refractivity contribution in [2.24, 2.45) is 0 Å². The van der Waals surface area contributed by atoms with E-state index >= 15 is 0 Å². The first kappa shape index (κ1) is 31.4. The zero-order valence-corrected chi connectivity index (χ0v) is 40.2. The van der Waals surface area contributed by atoms with E-state index < -0.39 is 84.9 Å². The van der Waals surface area contributed by atoms with Crippen molar-refractivity contribution in [3.05, 3.63) is 192 Å². The molecule has 8 aromatic rings. The zero-order chi connectivity index (χ0) is 56.9. The van der Waals surface area contributed by atoms with Gasteiger partial charge in [0.15, 0.2) is 0 Å². The molecule has 2 aliphatic rings. The lowest BCUT2D eigenvalue weighted by atomic mass is 9.33. The van der Waals surface area contributed by atoms with Gasteiger partial charge in [-0.05, 0) is 132 Å². The van der Waals surface area contributed by atoms with E-state index in [-0.39, 0.29) is 43.8 Å². The van der Waals surface area contributed by atoms with E-state index in [1.54, 1.807) is 0 Å².